The minimum atomic E-state index is -1.63. The van der Waals surface area contributed by atoms with E-state index in [1.807, 2.05) is 48.6 Å². The van der Waals surface area contributed by atoms with Gasteiger partial charge in [0.1, 0.15) is 24.4 Å². The molecule has 77 heavy (non-hydrogen) atoms. The van der Waals surface area contributed by atoms with Crippen molar-refractivity contribution in [3.05, 3.63) is 122 Å². The van der Waals surface area contributed by atoms with Crippen LogP contribution in [-0.4, -0.2) is 99.6 Å². The lowest BCUT2D eigenvalue weighted by Gasteiger charge is -2.41. The summed E-state index contributed by atoms with van der Waals surface area (Å²) in [6.45, 7) is 5.47. The Morgan fingerprint density at radius 1 is 0.532 bits per heavy atom. The Balaban J connectivity index is 2.63. The second-order valence-corrected chi connectivity index (χ2v) is 20.4. The number of hydrogen-bond acceptors (Lipinski definition) is 10. The quantitative estimate of drug-likeness (QED) is 0.0149. The average Bonchev–Trinajstić information content (AvgIpc) is 3.43. The number of carbonyl (C=O) groups excluding carboxylic acids is 2. The normalized spacial score (nSPS) is 19.9. The number of amides is 1. The number of carbonyl (C=O) groups is 2. The minimum Gasteiger partial charge on any atom is -0.454 e. The van der Waals surface area contributed by atoms with Gasteiger partial charge in [-0.05, 0) is 89.9 Å². The molecule has 8 atom stereocenters. The first-order valence-corrected chi connectivity index (χ1v) is 30.4. The summed E-state index contributed by atoms with van der Waals surface area (Å²) < 4.78 is 17.6. The zero-order valence-corrected chi connectivity index (χ0v) is 48.3. The number of aliphatic hydroxyl groups excluding tert-OH is 5. The summed E-state index contributed by atoms with van der Waals surface area (Å²) in [5, 5.41) is 56.8. The zero-order valence-electron chi connectivity index (χ0n) is 48.3. The number of aliphatic hydroxyl groups is 5. The summed E-state index contributed by atoms with van der Waals surface area (Å²) in [5.74, 6) is -1.25. The molecule has 6 N–H and O–H groups in total. The molecule has 8 unspecified atom stereocenters. The number of hydrogen-bond donors (Lipinski definition) is 6. The van der Waals surface area contributed by atoms with Crippen LogP contribution in [0, 0.1) is 0 Å². The Hall–Kier alpha value is -3.94. The SMILES string of the molecule is CC/C=C\C/C=C\C/C=C\C/C=C\C/C=C\CCCCCCCCCCCC(=O)OC1C(OCC(NC(=O)C(O)CCCC\C=C/C=C\C=C\C=C\CC)C(O)/C=C/CCCCCCCCCCC)OC(CO)C(O)C1O. The second-order valence-electron chi connectivity index (χ2n) is 20.4. The van der Waals surface area contributed by atoms with Crippen LogP contribution in [0.2, 0.25) is 0 Å². The van der Waals surface area contributed by atoms with Crippen molar-refractivity contribution in [2.24, 2.45) is 0 Å². The molecule has 11 heteroatoms. The van der Waals surface area contributed by atoms with Crippen LogP contribution in [0.4, 0.5) is 0 Å². The Bertz CT molecular complexity index is 1710. The van der Waals surface area contributed by atoms with E-state index in [0.29, 0.717) is 12.8 Å². The van der Waals surface area contributed by atoms with Crippen LogP contribution in [-0.2, 0) is 23.8 Å². The predicted molar refractivity (Wildman–Crippen MR) is 319 cm³/mol. The predicted octanol–water partition coefficient (Wildman–Crippen LogP) is 14.3. The molecule has 0 aromatic heterocycles. The van der Waals surface area contributed by atoms with Crippen LogP contribution in [0.5, 0.6) is 0 Å². The first-order valence-electron chi connectivity index (χ1n) is 30.4. The first kappa shape index (κ1) is 71.1. The molecule has 1 aliphatic heterocycles. The van der Waals surface area contributed by atoms with E-state index < -0.39 is 67.4 Å². The summed E-state index contributed by atoms with van der Waals surface area (Å²) in [7, 11) is 0. The van der Waals surface area contributed by atoms with E-state index in [0.717, 1.165) is 109 Å². The Morgan fingerprint density at radius 2 is 1.00 bits per heavy atom. The third kappa shape index (κ3) is 40.8. The highest BCUT2D eigenvalue weighted by atomic mass is 16.7. The minimum absolute atomic E-state index is 0.104. The van der Waals surface area contributed by atoms with Crippen molar-refractivity contribution in [1.29, 1.82) is 0 Å². The highest BCUT2D eigenvalue weighted by molar-refractivity contribution is 5.80. The molecule has 0 aromatic carbocycles. The molecule has 0 bridgehead atoms. The Morgan fingerprint density at radius 3 is 1.56 bits per heavy atom. The van der Waals surface area contributed by atoms with Crippen LogP contribution < -0.4 is 5.32 Å². The third-order valence-electron chi connectivity index (χ3n) is 13.5. The third-order valence-corrected chi connectivity index (χ3v) is 13.5. The van der Waals surface area contributed by atoms with E-state index in [4.69, 9.17) is 14.2 Å². The fraction of sp³-hybridized carbons (Fsp3) is 0.667. The van der Waals surface area contributed by atoms with E-state index in [2.05, 4.69) is 92.9 Å². The molecule has 1 rings (SSSR count). The topological polar surface area (TPSA) is 175 Å². The monoisotopic (exact) mass is 1080 g/mol. The molecule has 0 spiro atoms. The largest absolute Gasteiger partial charge is 0.454 e. The highest BCUT2D eigenvalue weighted by Crippen LogP contribution is 2.26. The lowest BCUT2D eigenvalue weighted by molar-refractivity contribution is -0.305. The fourth-order valence-corrected chi connectivity index (χ4v) is 8.69. The molecule has 1 fully saturated rings. The standard InChI is InChI=1S/C66H109NO10/c1-4-7-10-13-16-19-22-24-25-26-27-28-29-30-31-32-33-34-35-36-39-42-45-48-51-54-61(71)77-64-63(73)62(72)60(55-68)76-66(64)75-56-57(58(69)52-49-46-43-40-37-21-18-15-12-9-6-3)67-65(74)59(70)53-50-47-44-41-38-23-20-17-14-11-8-5-2/h7-8,10-11,14,16-17,19-20,23-25,27-28,30-31,38,41,49,52,57-60,62-64,66,68-70,72-73H,4-6,9,12-13,15,18,21-22,26,29,32-37,39-40,42-48,50-51,53-56H2,1-3H3,(H,67,74)/b10-7-,11-8+,17-14+,19-16-,23-20-,25-24-,28-27-,31-30-,41-38-,52-49+. The van der Waals surface area contributed by atoms with Crippen LogP contribution in [0.1, 0.15) is 220 Å². The zero-order chi connectivity index (χ0) is 56.1. The molecule has 1 amide bonds. The van der Waals surface area contributed by atoms with Crippen molar-refractivity contribution in [3.8, 4) is 0 Å². The molecule has 0 aromatic rings. The van der Waals surface area contributed by atoms with Crippen molar-refractivity contribution in [1.82, 2.24) is 5.32 Å². The van der Waals surface area contributed by atoms with Crippen molar-refractivity contribution in [3.63, 3.8) is 0 Å². The van der Waals surface area contributed by atoms with Gasteiger partial charge in [-0.1, -0.05) is 245 Å². The molecule has 1 aliphatic rings. The van der Waals surface area contributed by atoms with Crippen LogP contribution >= 0.6 is 0 Å². The van der Waals surface area contributed by atoms with Crippen LogP contribution in [0.15, 0.2) is 122 Å². The van der Waals surface area contributed by atoms with Gasteiger partial charge in [0, 0.05) is 6.42 Å². The van der Waals surface area contributed by atoms with Crippen molar-refractivity contribution in [2.45, 2.75) is 269 Å². The van der Waals surface area contributed by atoms with E-state index in [-0.39, 0.29) is 19.4 Å². The number of allylic oxidation sites excluding steroid dienone is 19. The maximum atomic E-state index is 13.3. The molecule has 1 saturated heterocycles. The highest BCUT2D eigenvalue weighted by Gasteiger charge is 2.47. The van der Waals surface area contributed by atoms with Gasteiger partial charge in [-0.25, -0.2) is 0 Å². The van der Waals surface area contributed by atoms with Crippen molar-refractivity contribution in [2.75, 3.05) is 13.2 Å². The first-order chi connectivity index (χ1) is 37.7. The molecular weight excluding hydrogens is 967 g/mol. The Labute approximate surface area is 468 Å². The second kappa shape index (κ2) is 52.7. The number of unbranched alkanes of at least 4 members (excludes halogenated alkanes) is 20. The van der Waals surface area contributed by atoms with Gasteiger partial charge in [0.05, 0.1) is 25.4 Å². The fourth-order valence-electron chi connectivity index (χ4n) is 8.69. The summed E-state index contributed by atoms with van der Waals surface area (Å²) in [4.78, 5) is 26.5. The molecule has 0 radical (unpaired) electrons. The summed E-state index contributed by atoms with van der Waals surface area (Å²) >= 11 is 0. The number of esters is 1. The van der Waals surface area contributed by atoms with Gasteiger partial charge < -0.3 is 45.1 Å². The van der Waals surface area contributed by atoms with Gasteiger partial charge in [0.25, 0.3) is 0 Å². The van der Waals surface area contributed by atoms with Gasteiger partial charge in [0.15, 0.2) is 12.4 Å². The maximum absolute atomic E-state index is 13.3. The maximum Gasteiger partial charge on any atom is 0.306 e. The van der Waals surface area contributed by atoms with Gasteiger partial charge in [-0.3, -0.25) is 9.59 Å². The van der Waals surface area contributed by atoms with Gasteiger partial charge in [0.2, 0.25) is 5.91 Å². The van der Waals surface area contributed by atoms with Crippen LogP contribution in [0.25, 0.3) is 0 Å². The van der Waals surface area contributed by atoms with E-state index in [1.165, 1.54) is 64.2 Å². The molecule has 0 aliphatic carbocycles. The smallest absolute Gasteiger partial charge is 0.306 e. The van der Waals surface area contributed by atoms with E-state index >= 15 is 0 Å². The van der Waals surface area contributed by atoms with Gasteiger partial charge in [-0.2, -0.15) is 0 Å². The molecule has 11 nitrogen and oxygen atoms in total. The molecule has 438 valence electrons. The van der Waals surface area contributed by atoms with Gasteiger partial charge >= 0.3 is 5.97 Å². The van der Waals surface area contributed by atoms with Crippen LogP contribution in [0.3, 0.4) is 0 Å². The van der Waals surface area contributed by atoms with Crippen molar-refractivity contribution < 1.29 is 49.3 Å². The number of nitrogens with one attached hydrogen (secondary N) is 1. The number of rotatable bonds is 49. The van der Waals surface area contributed by atoms with Gasteiger partial charge in [-0.15, -0.1) is 0 Å². The average molecular weight is 1080 g/mol. The molecular formula is C66H109NO10. The summed E-state index contributed by atoms with van der Waals surface area (Å²) in [6, 6.07) is -1.05. The van der Waals surface area contributed by atoms with E-state index in [9.17, 15) is 35.1 Å². The molecule has 1 heterocycles. The lowest BCUT2D eigenvalue weighted by Crippen LogP contribution is -2.61. The number of ether oxygens (including phenoxy) is 3. The van der Waals surface area contributed by atoms with E-state index in [1.54, 1.807) is 6.08 Å². The lowest BCUT2D eigenvalue weighted by atomic mass is 9.99. The molecule has 0 saturated carbocycles. The van der Waals surface area contributed by atoms with Crippen molar-refractivity contribution >= 4 is 11.9 Å². The summed E-state index contributed by atoms with van der Waals surface area (Å²) in [5.41, 5.74) is 0. The summed E-state index contributed by atoms with van der Waals surface area (Å²) in [6.07, 6.45) is 62.5. The Kier molecular flexibility index (Phi) is 48.7.